The molecule has 2 nitrogen and oxygen atoms in total. The summed E-state index contributed by atoms with van der Waals surface area (Å²) in [5.74, 6) is 1.49. The van der Waals surface area contributed by atoms with Gasteiger partial charge < -0.3 is 10.5 Å². The molecule has 1 atom stereocenters. The van der Waals surface area contributed by atoms with Gasteiger partial charge in [0.05, 0.1) is 7.11 Å². The molecule has 0 radical (unpaired) electrons. The second-order valence-electron chi connectivity index (χ2n) is 6.31. The summed E-state index contributed by atoms with van der Waals surface area (Å²) in [5, 5.41) is 0. The van der Waals surface area contributed by atoms with Crippen LogP contribution in [0.4, 0.5) is 0 Å². The predicted molar refractivity (Wildman–Crippen MR) is 82.7 cm³/mol. The minimum Gasteiger partial charge on any atom is -0.496 e. The van der Waals surface area contributed by atoms with E-state index in [4.69, 9.17) is 10.5 Å². The van der Waals surface area contributed by atoms with Gasteiger partial charge >= 0.3 is 0 Å². The molecule has 1 rings (SSSR count). The average Bonchev–Trinajstić information content (AvgIpc) is 2.38. The van der Waals surface area contributed by atoms with Crippen LogP contribution < -0.4 is 10.5 Å². The van der Waals surface area contributed by atoms with Gasteiger partial charge in [0.25, 0.3) is 0 Å². The van der Waals surface area contributed by atoms with Crippen molar-refractivity contribution in [2.75, 3.05) is 7.11 Å². The third kappa shape index (κ3) is 3.73. The third-order valence-corrected chi connectivity index (χ3v) is 3.97. The Hall–Kier alpha value is -1.02. The summed E-state index contributed by atoms with van der Waals surface area (Å²) >= 11 is 0. The van der Waals surface area contributed by atoms with E-state index in [0.29, 0.717) is 5.92 Å². The lowest BCUT2D eigenvalue weighted by molar-refractivity contribution is 0.391. The quantitative estimate of drug-likeness (QED) is 0.853. The van der Waals surface area contributed by atoms with Crippen LogP contribution in [0.1, 0.15) is 64.6 Å². The summed E-state index contributed by atoms with van der Waals surface area (Å²) in [6.45, 7) is 11.0. The van der Waals surface area contributed by atoms with Gasteiger partial charge in [0.2, 0.25) is 0 Å². The lowest BCUT2D eigenvalue weighted by Crippen LogP contribution is -2.22. The van der Waals surface area contributed by atoms with Crippen LogP contribution in [0.3, 0.4) is 0 Å². The Morgan fingerprint density at radius 2 is 1.74 bits per heavy atom. The average molecular weight is 263 g/mol. The van der Waals surface area contributed by atoms with Crippen molar-refractivity contribution in [3.63, 3.8) is 0 Å². The Bertz CT molecular complexity index is 402. The first kappa shape index (κ1) is 16.0. The van der Waals surface area contributed by atoms with E-state index in [1.165, 1.54) is 11.1 Å². The Kier molecular flexibility index (Phi) is 5.42. The molecule has 0 saturated heterocycles. The van der Waals surface area contributed by atoms with E-state index in [1.807, 2.05) is 0 Å². The first-order chi connectivity index (χ1) is 8.85. The summed E-state index contributed by atoms with van der Waals surface area (Å²) in [7, 11) is 1.73. The van der Waals surface area contributed by atoms with Crippen molar-refractivity contribution in [2.45, 2.75) is 58.9 Å². The smallest absolute Gasteiger partial charge is 0.122 e. The first-order valence-corrected chi connectivity index (χ1v) is 7.29. The van der Waals surface area contributed by atoms with Crippen LogP contribution in [-0.4, -0.2) is 7.11 Å². The fourth-order valence-corrected chi connectivity index (χ4v) is 2.59. The molecule has 0 heterocycles. The summed E-state index contributed by atoms with van der Waals surface area (Å²) in [5.41, 5.74) is 8.94. The molecule has 0 aliphatic carbocycles. The van der Waals surface area contributed by atoms with Crippen molar-refractivity contribution in [1.82, 2.24) is 0 Å². The largest absolute Gasteiger partial charge is 0.496 e. The highest BCUT2D eigenvalue weighted by atomic mass is 16.5. The Morgan fingerprint density at radius 3 is 2.16 bits per heavy atom. The molecule has 19 heavy (non-hydrogen) atoms. The molecule has 0 spiro atoms. The van der Waals surface area contributed by atoms with E-state index in [0.717, 1.165) is 18.6 Å². The highest BCUT2D eigenvalue weighted by Gasteiger charge is 2.22. The number of hydrogen-bond acceptors (Lipinski definition) is 2. The first-order valence-electron chi connectivity index (χ1n) is 7.29. The maximum atomic E-state index is 6.42. The minimum absolute atomic E-state index is 0.0645. The zero-order chi connectivity index (χ0) is 14.6. The van der Waals surface area contributed by atoms with E-state index in [-0.39, 0.29) is 11.5 Å². The molecule has 1 aromatic carbocycles. The second-order valence-corrected chi connectivity index (χ2v) is 6.31. The topological polar surface area (TPSA) is 35.2 Å². The highest BCUT2D eigenvalue weighted by Crippen LogP contribution is 2.35. The second kappa shape index (κ2) is 6.42. The number of methoxy groups -OCH3 is 1. The number of hydrogen-bond donors (Lipinski definition) is 1. The standard InChI is InChI=1S/C17H29NO/c1-7-12(8-2)16(18)13-9-10-15(19-6)14(11-13)17(3,4)5/h9-12,16H,7-8,18H2,1-6H3. The molecular formula is C17H29NO. The molecular weight excluding hydrogens is 234 g/mol. The Balaban J connectivity index is 3.18. The number of ether oxygens (including phenoxy) is 1. The SMILES string of the molecule is CCC(CC)C(N)c1ccc(OC)c(C(C)(C)C)c1. The van der Waals surface area contributed by atoms with Crippen LogP contribution in [0.5, 0.6) is 5.75 Å². The zero-order valence-corrected chi connectivity index (χ0v) is 13.3. The van der Waals surface area contributed by atoms with Gasteiger partial charge in [-0.3, -0.25) is 0 Å². The van der Waals surface area contributed by atoms with E-state index in [2.05, 4.69) is 52.8 Å². The molecule has 1 unspecified atom stereocenters. The number of nitrogens with two attached hydrogens (primary N) is 1. The van der Waals surface area contributed by atoms with E-state index in [1.54, 1.807) is 7.11 Å². The van der Waals surface area contributed by atoms with Crippen molar-refractivity contribution in [1.29, 1.82) is 0 Å². The van der Waals surface area contributed by atoms with Gasteiger partial charge in [0.15, 0.2) is 0 Å². The van der Waals surface area contributed by atoms with Gasteiger partial charge in [-0.25, -0.2) is 0 Å². The summed E-state index contributed by atoms with van der Waals surface area (Å²) < 4.78 is 5.48. The lowest BCUT2D eigenvalue weighted by atomic mass is 9.82. The van der Waals surface area contributed by atoms with Crippen LogP contribution >= 0.6 is 0 Å². The zero-order valence-electron chi connectivity index (χ0n) is 13.3. The predicted octanol–water partition coefficient (Wildman–Crippen LogP) is 4.43. The fraction of sp³-hybridized carbons (Fsp3) is 0.647. The maximum Gasteiger partial charge on any atom is 0.122 e. The molecule has 108 valence electrons. The van der Waals surface area contributed by atoms with Crippen LogP contribution in [0, 0.1) is 5.92 Å². The summed E-state index contributed by atoms with van der Waals surface area (Å²) in [4.78, 5) is 0. The molecule has 2 heteroatoms. The molecule has 0 fully saturated rings. The van der Waals surface area contributed by atoms with E-state index in [9.17, 15) is 0 Å². The number of rotatable bonds is 5. The van der Waals surface area contributed by atoms with E-state index >= 15 is 0 Å². The minimum atomic E-state index is 0.0645. The lowest BCUT2D eigenvalue weighted by Gasteiger charge is -2.26. The van der Waals surface area contributed by atoms with Crippen LogP contribution in [0.25, 0.3) is 0 Å². The van der Waals surface area contributed by atoms with Crippen LogP contribution in [0.15, 0.2) is 18.2 Å². The van der Waals surface area contributed by atoms with Crippen LogP contribution in [-0.2, 0) is 5.41 Å². The molecule has 0 aromatic heterocycles. The van der Waals surface area contributed by atoms with Crippen molar-refractivity contribution in [3.8, 4) is 5.75 Å². The van der Waals surface area contributed by atoms with E-state index < -0.39 is 0 Å². The summed E-state index contributed by atoms with van der Waals surface area (Å²) in [6, 6.07) is 6.50. The molecule has 1 aromatic rings. The summed E-state index contributed by atoms with van der Waals surface area (Å²) in [6.07, 6.45) is 2.24. The van der Waals surface area contributed by atoms with Crippen molar-refractivity contribution < 1.29 is 4.74 Å². The normalized spacial score (nSPS) is 13.7. The molecule has 0 bridgehead atoms. The van der Waals surface area contributed by atoms with Gasteiger partial charge in [-0.05, 0) is 28.5 Å². The monoisotopic (exact) mass is 263 g/mol. The van der Waals surface area contributed by atoms with Crippen molar-refractivity contribution in [3.05, 3.63) is 29.3 Å². The number of benzene rings is 1. The highest BCUT2D eigenvalue weighted by molar-refractivity contribution is 5.42. The molecule has 0 amide bonds. The van der Waals surface area contributed by atoms with Gasteiger partial charge in [-0.2, -0.15) is 0 Å². The third-order valence-electron chi connectivity index (χ3n) is 3.97. The van der Waals surface area contributed by atoms with Gasteiger partial charge in [0, 0.05) is 6.04 Å². The van der Waals surface area contributed by atoms with Gasteiger partial charge in [0.1, 0.15) is 5.75 Å². The Morgan fingerprint density at radius 1 is 1.16 bits per heavy atom. The Labute approximate surface area is 118 Å². The van der Waals surface area contributed by atoms with Crippen molar-refractivity contribution in [2.24, 2.45) is 11.7 Å². The van der Waals surface area contributed by atoms with Crippen LogP contribution in [0.2, 0.25) is 0 Å². The maximum absolute atomic E-state index is 6.42. The molecule has 2 N–H and O–H groups in total. The van der Waals surface area contributed by atoms with Gasteiger partial charge in [-0.1, -0.05) is 59.6 Å². The van der Waals surface area contributed by atoms with Crippen molar-refractivity contribution >= 4 is 0 Å². The molecule has 0 saturated carbocycles. The van der Waals surface area contributed by atoms with Gasteiger partial charge in [-0.15, -0.1) is 0 Å². The molecule has 0 aliphatic heterocycles. The molecule has 0 aliphatic rings. The fourth-order valence-electron chi connectivity index (χ4n) is 2.59.